The second kappa shape index (κ2) is 6.79. The molecule has 132 valence electrons. The summed E-state index contributed by atoms with van der Waals surface area (Å²) in [6.45, 7) is 1.69. The van der Waals surface area contributed by atoms with E-state index in [9.17, 15) is 4.79 Å². The Morgan fingerprint density at radius 2 is 1.67 bits per heavy atom. The summed E-state index contributed by atoms with van der Waals surface area (Å²) in [6.07, 6.45) is 6.21. The zero-order valence-corrected chi connectivity index (χ0v) is 14.7. The van der Waals surface area contributed by atoms with Crippen molar-refractivity contribution in [3.05, 3.63) is 12.1 Å². The third kappa shape index (κ3) is 3.09. The molecule has 1 heterocycles. The van der Waals surface area contributed by atoms with E-state index in [4.69, 9.17) is 14.2 Å². The average molecular weight is 334 g/mol. The number of hydrogen-bond donors (Lipinski definition) is 1. The molecule has 0 atom stereocenters. The fourth-order valence-corrected chi connectivity index (χ4v) is 4.00. The highest BCUT2D eigenvalue weighted by molar-refractivity contribution is 5.90. The highest BCUT2D eigenvalue weighted by Crippen LogP contribution is 2.45. The Kier molecular flexibility index (Phi) is 4.73. The predicted octanol–water partition coefficient (Wildman–Crippen LogP) is 3.51. The van der Waals surface area contributed by atoms with E-state index in [1.807, 2.05) is 4.90 Å². The topological polar surface area (TPSA) is 60.0 Å². The Morgan fingerprint density at radius 1 is 1.04 bits per heavy atom. The molecule has 0 radical (unpaired) electrons. The molecule has 1 aliphatic carbocycles. The van der Waals surface area contributed by atoms with Crippen LogP contribution in [0.2, 0.25) is 0 Å². The number of carbonyl (C=O) groups is 1. The number of urea groups is 1. The van der Waals surface area contributed by atoms with Gasteiger partial charge in [0.1, 0.15) is 0 Å². The zero-order chi connectivity index (χ0) is 17.2. The van der Waals surface area contributed by atoms with Crippen LogP contribution in [0.1, 0.15) is 32.1 Å². The molecule has 1 aromatic rings. The predicted molar refractivity (Wildman–Crippen MR) is 92.2 cm³/mol. The number of rotatable bonds is 4. The van der Waals surface area contributed by atoms with Crippen molar-refractivity contribution in [3.63, 3.8) is 0 Å². The van der Waals surface area contributed by atoms with Gasteiger partial charge in [-0.2, -0.15) is 0 Å². The number of likely N-dealkylation sites (tertiary alicyclic amines) is 1. The minimum absolute atomic E-state index is 0.0620. The number of ether oxygens (including phenoxy) is 3. The van der Waals surface area contributed by atoms with E-state index in [0.29, 0.717) is 28.4 Å². The summed E-state index contributed by atoms with van der Waals surface area (Å²) in [6, 6.07) is 3.44. The van der Waals surface area contributed by atoms with Crippen LogP contribution in [0.25, 0.3) is 0 Å². The van der Waals surface area contributed by atoms with E-state index >= 15 is 0 Å². The van der Waals surface area contributed by atoms with Gasteiger partial charge >= 0.3 is 6.03 Å². The molecule has 2 aliphatic rings. The van der Waals surface area contributed by atoms with Gasteiger partial charge in [-0.3, -0.25) is 0 Å². The Balaban J connectivity index is 1.72. The van der Waals surface area contributed by atoms with Gasteiger partial charge in [-0.05, 0) is 24.7 Å². The molecule has 0 unspecified atom stereocenters. The SMILES string of the molecule is COc1cc(NC(=O)N2CCC3(CCCC3)C2)cc(OC)c1OC. The van der Waals surface area contributed by atoms with Gasteiger partial charge < -0.3 is 24.4 Å². The zero-order valence-electron chi connectivity index (χ0n) is 14.7. The number of nitrogens with zero attached hydrogens (tertiary/aromatic N) is 1. The maximum atomic E-state index is 12.6. The Bertz CT molecular complexity index is 586. The first-order valence-corrected chi connectivity index (χ1v) is 8.47. The fraction of sp³-hybridized carbons (Fsp3) is 0.611. The summed E-state index contributed by atoms with van der Waals surface area (Å²) < 4.78 is 16.0. The first kappa shape index (κ1) is 16.7. The van der Waals surface area contributed by atoms with E-state index in [1.165, 1.54) is 25.7 Å². The van der Waals surface area contributed by atoms with E-state index in [1.54, 1.807) is 33.5 Å². The summed E-state index contributed by atoms with van der Waals surface area (Å²) >= 11 is 0. The molecule has 3 rings (SSSR count). The van der Waals surface area contributed by atoms with Crippen LogP contribution in [-0.4, -0.2) is 45.3 Å². The van der Waals surface area contributed by atoms with Crippen LogP contribution in [0.4, 0.5) is 10.5 Å². The molecule has 0 bridgehead atoms. The molecular formula is C18H26N2O4. The molecule has 1 spiro atoms. The van der Waals surface area contributed by atoms with Crippen LogP contribution in [0.5, 0.6) is 17.2 Å². The van der Waals surface area contributed by atoms with Gasteiger partial charge in [-0.1, -0.05) is 12.8 Å². The van der Waals surface area contributed by atoms with Gasteiger partial charge in [0.05, 0.1) is 27.0 Å². The Morgan fingerprint density at radius 3 is 2.21 bits per heavy atom. The molecule has 6 heteroatoms. The maximum absolute atomic E-state index is 12.6. The molecule has 1 saturated heterocycles. The van der Waals surface area contributed by atoms with Crippen molar-refractivity contribution in [2.24, 2.45) is 5.41 Å². The summed E-state index contributed by atoms with van der Waals surface area (Å²) in [5.74, 6) is 1.57. The lowest BCUT2D eigenvalue weighted by Crippen LogP contribution is -2.34. The van der Waals surface area contributed by atoms with Gasteiger partial charge in [0.15, 0.2) is 11.5 Å². The maximum Gasteiger partial charge on any atom is 0.321 e. The van der Waals surface area contributed by atoms with Crippen molar-refractivity contribution in [2.45, 2.75) is 32.1 Å². The van der Waals surface area contributed by atoms with Crippen molar-refractivity contribution in [2.75, 3.05) is 39.7 Å². The summed E-state index contributed by atoms with van der Waals surface area (Å²) in [5, 5.41) is 2.96. The lowest BCUT2D eigenvalue weighted by molar-refractivity contribution is 0.213. The second-order valence-corrected chi connectivity index (χ2v) is 6.72. The second-order valence-electron chi connectivity index (χ2n) is 6.72. The van der Waals surface area contributed by atoms with Crippen LogP contribution in [0, 0.1) is 5.41 Å². The van der Waals surface area contributed by atoms with Gasteiger partial charge in [0.25, 0.3) is 0 Å². The minimum atomic E-state index is -0.0620. The van der Waals surface area contributed by atoms with Crippen molar-refractivity contribution >= 4 is 11.7 Å². The van der Waals surface area contributed by atoms with Crippen LogP contribution in [0.3, 0.4) is 0 Å². The number of carbonyl (C=O) groups excluding carboxylic acids is 1. The van der Waals surface area contributed by atoms with Gasteiger partial charge in [-0.15, -0.1) is 0 Å². The summed E-state index contributed by atoms with van der Waals surface area (Å²) in [4.78, 5) is 14.5. The van der Waals surface area contributed by atoms with Crippen molar-refractivity contribution in [3.8, 4) is 17.2 Å². The van der Waals surface area contributed by atoms with Gasteiger partial charge in [0, 0.05) is 25.2 Å². The van der Waals surface area contributed by atoms with E-state index in [2.05, 4.69) is 5.32 Å². The van der Waals surface area contributed by atoms with Crippen LogP contribution in [-0.2, 0) is 0 Å². The summed E-state index contributed by atoms with van der Waals surface area (Å²) in [5.41, 5.74) is 1.01. The number of amides is 2. The fourth-order valence-electron chi connectivity index (χ4n) is 4.00. The number of methoxy groups -OCH3 is 3. The highest BCUT2D eigenvalue weighted by Gasteiger charge is 2.41. The lowest BCUT2D eigenvalue weighted by atomic mass is 9.86. The van der Waals surface area contributed by atoms with Crippen LogP contribution in [0.15, 0.2) is 12.1 Å². The van der Waals surface area contributed by atoms with E-state index in [-0.39, 0.29) is 6.03 Å². The Hall–Kier alpha value is -2.11. The lowest BCUT2D eigenvalue weighted by Gasteiger charge is -2.24. The third-order valence-electron chi connectivity index (χ3n) is 5.31. The molecule has 1 aliphatic heterocycles. The van der Waals surface area contributed by atoms with Gasteiger partial charge in [0.2, 0.25) is 5.75 Å². The standard InChI is InChI=1S/C18H26N2O4/c1-22-14-10-13(11-15(23-2)16(14)24-3)19-17(21)20-9-8-18(12-20)6-4-5-7-18/h10-11H,4-9,12H2,1-3H3,(H,19,21). The first-order chi connectivity index (χ1) is 11.6. The molecule has 24 heavy (non-hydrogen) atoms. The van der Waals surface area contributed by atoms with E-state index in [0.717, 1.165) is 19.5 Å². The molecule has 6 nitrogen and oxygen atoms in total. The largest absolute Gasteiger partial charge is 0.493 e. The molecule has 1 N–H and O–H groups in total. The van der Waals surface area contributed by atoms with Gasteiger partial charge in [-0.25, -0.2) is 4.79 Å². The number of anilines is 1. The smallest absolute Gasteiger partial charge is 0.321 e. The molecule has 2 amide bonds. The highest BCUT2D eigenvalue weighted by atomic mass is 16.5. The average Bonchev–Trinajstić information content (AvgIpc) is 3.24. The van der Waals surface area contributed by atoms with Crippen LogP contribution >= 0.6 is 0 Å². The number of nitrogens with one attached hydrogen (secondary N) is 1. The normalized spacial score (nSPS) is 18.7. The molecular weight excluding hydrogens is 308 g/mol. The molecule has 2 fully saturated rings. The molecule has 0 aromatic heterocycles. The van der Waals surface area contributed by atoms with Crippen molar-refractivity contribution in [1.82, 2.24) is 4.90 Å². The molecule has 1 saturated carbocycles. The van der Waals surface area contributed by atoms with Crippen LogP contribution < -0.4 is 19.5 Å². The summed E-state index contributed by atoms with van der Waals surface area (Å²) in [7, 11) is 4.68. The monoisotopic (exact) mass is 334 g/mol. The first-order valence-electron chi connectivity index (χ1n) is 8.47. The third-order valence-corrected chi connectivity index (χ3v) is 5.31. The quantitative estimate of drug-likeness (QED) is 0.915. The number of hydrogen-bond acceptors (Lipinski definition) is 4. The minimum Gasteiger partial charge on any atom is -0.493 e. The Labute approximate surface area is 143 Å². The molecule has 1 aromatic carbocycles. The van der Waals surface area contributed by atoms with E-state index < -0.39 is 0 Å². The van der Waals surface area contributed by atoms with Crippen molar-refractivity contribution < 1.29 is 19.0 Å². The van der Waals surface area contributed by atoms with Crippen molar-refractivity contribution in [1.29, 1.82) is 0 Å². The number of benzene rings is 1.